The number of aryl methyl sites for hydroxylation is 2. The highest BCUT2D eigenvalue weighted by atomic mass is 16.6. The molecular weight excluding hydrogens is 430 g/mol. The van der Waals surface area contributed by atoms with Gasteiger partial charge in [-0.05, 0) is 26.0 Å². The van der Waals surface area contributed by atoms with Crippen LogP contribution in [0.3, 0.4) is 0 Å². The van der Waals surface area contributed by atoms with Crippen LogP contribution in [0.4, 0.5) is 11.4 Å². The van der Waals surface area contributed by atoms with Gasteiger partial charge in [0.15, 0.2) is 0 Å². The number of hydrogen-bond acceptors (Lipinski definition) is 7. The van der Waals surface area contributed by atoms with Gasteiger partial charge in [-0.15, -0.1) is 0 Å². The summed E-state index contributed by atoms with van der Waals surface area (Å²) in [5.41, 5.74) is 1.35. The standard InChI is InChI=1S/C22H25N5O6/c1-15-3-5-17(13-19(15)26(30)31)21(28)23-7-8-24-9-11-25(12-10-24)22(29)18-6-4-16(2)20(14-18)27(32)33/h3-6,13-14H,7-12H2,1-2H3,(H,23,28). The van der Waals surface area contributed by atoms with Crippen LogP contribution in [0.15, 0.2) is 36.4 Å². The molecular formula is C22H25N5O6. The van der Waals surface area contributed by atoms with Crippen LogP contribution in [0.25, 0.3) is 0 Å². The summed E-state index contributed by atoms with van der Waals surface area (Å²) in [5.74, 6) is -0.625. The molecule has 0 aliphatic carbocycles. The first-order valence-corrected chi connectivity index (χ1v) is 10.5. The SMILES string of the molecule is Cc1ccc(C(=O)NCCN2CCN(C(=O)c3ccc(C)c([N+](=O)[O-])c3)CC2)cc1[N+](=O)[O-]. The van der Waals surface area contributed by atoms with Crippen LogP contribution in [0, 0.1) is 34.1 Å². The lowest BCUT2D eigenvalue weighted by Crippen LogP contribution is -2.50. The number of piperazine rings is 1. The zero-order chi connectivity index (χ0) is 24.1. The zero-order valence-electron chi connectivity index (χ0n) is 18.4. The van der Waals surface area contributed by atoms with E-state index in [1.165, 1.54) is 12.1 Å². The van der Waals surface area contributed by atoms with Crippen LogP contribution in [0.1, 0.15) is 31.8 Å². The van der Waals surface area contributed by atoms with Crippen molar-refractivity contribution in [1.29, 1.82) is 0 Å². The van der Waals surface area contributed by atoms with Crippen LogP contribution in [-0.2, 0) is 0 Å². The van der Waals surface area contributed by atoms with E-state index in [0.717, 1.165) is 0 Å². The third-order valence-corrected chi connectivity index (χ3v) is 5.69. The van der Waals surface area contributed by atoms with Gasteiger partial charge in [0.05, 0.1) is 9.85 Å². The Hall–Kier alpha value is -3.86. The summed E-state index contributed by atoms with van der Waals surface area (Å²) in [4.78, 5) is 50.0. The average Bonchev–Trinajstić information content (AvgIpc) is 2.79. The van der Waals surface area contributed by atoms with Crippen LogP contribution in [0.2, 0.25) is 0 Å². The van der Waals surface area contributed by atoms with Crippen LogP contribution < -0.4 is 5.32 Å². The number of hydrogen-bond donors (Lipinski definition) is 1. The van der Waals surface area contributed by atoms with Gasteiger partial charge >= 0.3 is 0 Å². The van der Waals surface area contributed by atoms with E-state index in [1.54, 1.807) is 43.0 Å². The van der Waals surface area contributed by atoms with Gasteiger partial charge in [0.25, 0.3) is 23.2 Å². The van der Waals surface area contributed by atoms with E-state index in [9.17, 15) is 29.8 Å². The fraction of sp³-hybridized carbons (Fsp3) is 0.364. The van der Waals surface area contributed by atoms with Crippen molar-refractivity contribution in [2.45, 2.75) is 13.8 Å². The Morgan fingerprint density at radius 2 is 1.39 bits per heavy atom. The molecule has 1 saturated heterocycles. The molecule has 0 unspecified atom stereocenters. The summed E-state index contributed by atoms with van der Waals surface area (Å²) in [6.45, 7) is 6.32. The predicted molar refractivity (Wildman–Crippen MR) is 120 cm³/mol. The molecule has 1 aliphatic heterocycles. The fourth-order valence-electron chi connectivity index (χ4n) is 3.67. The zero-order valence-corrected chi connectivity index (χ0v) is 18.4. The predicted octanol–water partition coefficient (Wildman–Crippen LogP) is 2.31. The molecule has 33 heavy (non-hydrogen) atoms. The number of nitro groups is 2. The minimum Gasteiger partial charge on any atom is -0.351 e. The molecule has 1 aliphatic rings. The van der Waals surface area contributed by atoms with Crippen molar-refractivity contribution in [3.63, 3.8) is 0 Å². The van der Waals surface area contributed by atoms with Crippen molar-refractivity contribution in [2.24, 2.45) is 0 Å². The van der Waals surface area contributed by atoms with Crippen LogP contribution in [0.5, 0.6) is 0 Å². The topological polar surface area (TPSA) is 139 Å². The molecule has 11 nitrogen and oxygen atoms in total. The Bertz CT molecular complexity index is 1090. The highest BCUT2D eigenvalue weighted by molar-refractivity contribution is 5.95. The molecule has 2 amide bonds. The molecule has 0 radical (unpaired) electrons. The maximum Gasteiger partial charge on any atom is 0.273 e. The Morgan fingerprint density at radius 3 is 1.94 bits per heavy atom. The Balaban J connectivity index is 1.48. The van der Waals surface area contributed by atoms with E-state index < -0.39 is 9.85 Å². The van der Waals surface area contributed by atoms with Crippen molar-refractivity contribution in [3.05, 3.63) is 78.9 Å². The first-order chi connectivity index (χ1) is 15.7. The first kappa shape index (κ1) is 23.8. The summed E-state index contributed by atoms with van der Waals surface area (Å²) < 4.78 is 0. The largest absolute Gasteiger partial charge is 0.351 e. The summed E-state index contributed by atoms with van der Waals surface area (Å²) >= 11 is 0. The highest BCUT2D eigenvalue weighted by Gasteiger charge is 2.24. The first-order valence-electron chi connectivity index (χ1n) is 10.5. The Labute approximate surface area is 190 Å². The maximum atomic E-state index is 12.7. The van der Waals surface area contributed by atoms with E-state index in [0.29, 0.717) is 56.0 Å². The second-order valence-electron chi connectivity index (χ2n) is 7.91. The molecule has 0 atom stereocenters. The number of carbonyl (C=O) groups excluding carboxylic acids is 2. The van der Waals surface area contributed by atoms with E-state index in [1.807, 2.05) is 0 Å². The Kier molecular flexibility index (Phi) is 7.34. The lowest BCUT2D eigenvalue weighted by atomic mass is 10.1. The highest BCUT2D eigenvalue weighted by Crippen LogP contribution is 2.21. The number of nitrogens with one attached hydrogen (secondary N) is 1. The average molecular weight is 455 g/mol. The van der Waals surface area contributed by atoms with Gasteiger partial charge < -0.3 is 10.2 Å². The van der Waals surface area contributed by atoms with Crippen LogP contribution >= 0.6 is 0 Å². The number of benzene rings is 2. The smallest absolute Gasteiger partial charge is 0.273 e. The molecule has 0 spiro atoms. The quantitative estimate of drug-likeness (QED) is 0.499. The summed E-state index contributed by atoms with van der Waals surface area (Å²) in [6.07, 6.45) is 0. The molecule has 174 valence electrons. The molecule has 3 rings (SSSR count). The minimum atomic E-state index is -0.512. The molecule has 0 bridgehead atoms. The fourth-order valence-corrected chi connectivity index (χ4v) is 3.67. The van der Waals surface area contributed by atoms with Crippen molar-refractivity contribution >= 4 is 23.2 Å². The Morgan fingerprint density at radius 1 is 0.879 bits per heavy atom. The van der Waals surface area contributed by atoms with E-state index in [2.05, 4.69) is 10.2 Å². The second-order valence-corrected chi connectivity index (χ2v) is 7.91. The number of nitro benzene ring substituents is 2. The van der Waals surface area contributed by atoms with Crippen molar-refractivity contribution in [1.82, 2.24) is 15.1 Å². The summed E-state index contributed by atoms with van der Waals surface area (Å²) in [5, 5.41) is 24.9. The van der Waals surface area contributed by atoms with Gasteiger partial charge in [-0.3, -0.25) is 34.7 Å². The van der Waals surface area contributed by atoms with E-state index >= 15 is 0 Å². The van der Waals surface area contributed by atoms with Crippen molar-refractivity contribution in [3.8, 4) is 0 Å². The van der Waals surface area contributed by atoms with Gasteiger partial charge in [0.1, 0.15) is 0 Å². The maximum absolute atomic E-state index is 12.7. The molecule has 2 aromatic rings. The second kappa shape index (κ2) is 10.2. The molecule has 1 fully saturated rings. The lowest BCUT2D eigenvalue weighted by Gasteiger charge is -2.34. The molecule has 0 saturated carbocycles. The third kappa shape index (κ3) is 5.69. The van der Waals surface area contributed by atoms with E-state index in [4.69, 9.17) is 0 Å². The molecule has 1 N–H and O–H groups in total. The van der Waals surface area contributed by atoms with Gasteiger partial charge in [0, 0.05) is 73.7 Å². The minimum absolute atomic E-state index is 0.0749. The lowest BCUT2D eigenvalue weighted by molar-refractivity contribution is -0.385. The van der Waals surface area contributed by atoms with Crippen molar-refractivity contribution in [2.75, 3.05) is 39.3 Å². The molecule has 2 aromatic carbocycles. The number of nitrogens with zero attached hydrogens (tertiary/aromatic N) is 4. The monoisotopic (exact) mass is 455 g/mol. The summed E-state index contributed by atoms with van der Waals surface area (Å²) in [7, 11) is 0. The molecule has 1 heterocycles. The van der Waals surface area contributed by atoms with Gasteiger partial charge in [-0.2, -0.15) is 0 Å². The van der Waals surface area contributed by atoms with Gasteiger partial charge in [-0.1, -0.05) is 12.1 Å². The molecule has 11 heteroatoms. The van der Waals surface area contributed by atoms with Crippen molar-refractivity contribution < 1.29 is 19.4 Å². The van der Waals surface area contributed by atoms with Gasteiger partial charge in [-0.25, -0.2) is 0 Å². The van der Waals surface area contributed by atoms with E-state index in [-0.39, 0.29) is 28.8 Å². The third-order valence-electron chi connectivity index (χ3n) is 5.69. The number of rotatable bonds is 7. The normalized spacial score (nSPS) is 14.1. The summed E-state index contributed by atoms with van der Waals surface area (Å²) in [6, 6.07) is 8.86. The number of amides is 2. The van der Waals surface area contributed by atoms with Crippen LogP contribution in [-0.4, -0.2) is 70.7 Å². The molecule has 0 aromatic heterocycles. The van der Waals surface area contributed by atoms with Gasteiger partial charge in [0.2, 0.25) is 0 Å². The number of carbonyl (C=O) groups is 2.